The number of fused-ring (bicyclic) bond motifs is 1. The van der Waals surface area contributed by atoms with Crippen LogP contribution in [0.25, 0.3) is 11.2 Å². The lowest BCUT2D eigenvalue weighted by Gasteiger charge is -2.17. The molecule has 31 heavy (non-hydrogen) atoms. The molecule has 0 bridgehead atoms. The summed E-state index contributed by atoms with van der Waals surface area (Å²) in [5, 5.41) is 0. The molecule has 168 valence electrons. The Morgan fingerprint density at radius 2 is 1.58 bits per heavy atom. The fourth-order valence-corrected chi connectivity index (χ4v) is 4.10. The van der Waals surface area contributed by atoms with Crippen molar-refractivity contribution < 1.29 is 0 Å². The summed E-state index contributed by atoms with van der Waals surface area (Å²) in [4.78, 5) is 32.3. The third kappa shape index (κ3) is 5.34. The van der Waals surface area contributed by atoms with Gasteiger partial charge in [0.05, 0.1) is 6.54 Å². The second kappa shape index (κ2) is 10.6. The molecule has 0 N–H and O–H groups in total. The van der Waals surface area contributed by atoms with Gasteiger partial charge in [0.25, 0.3) is 5.56 Å². The highest BCUT2D eigenvalue weighted by Gasteiger charge is 2.19. The minimum absolute atomic E-state index is 0.270. The standard InChI is InChI=1S/C24H35N5O2/c1-5-6-7-8-9-13-16-29-20(18-26(2)17-19-14-11-10-12-15-19)25-22-21(29)23(30)28(4)24(31)27(22)3/h10-12,14-15H,5-9,13,16-18H2,1-4H3. The number of unbranched alkanes of at least 4 members (excludes halogenated alkanes) is 5. The summed E-state index contributed by atoms with van der Waals surface area (Å²) in [5.41, 5.74) is 1.62. The lowest BCUT2D eigenvalue weighted by molar-refractivity contribution is 0.305. The molecule has 0 spiro atoms. The maximum absolute atomic E-state index is 13.0. The van der Waals surface area contributed by atoms with Crippen LogP contribution in [0.3, 0.4) is 0 Å². The van der Waals surface area contributed by atoms with Crippen LogP contribution >= 0.6 is 0 Å². The van der Waals surface area contributed by atoms with Crippen molar-refractivity contribution in [3.05, 3.63) is 62.6 Å². The van der Waals surface area contributed by atoms with Gasteiger partial charge in [0.1, 0.15) is 5.82 Å². The molecule has 0 aliphatic carbocycles. The fraction of sp³-hybridized carbons (Fsp3) is 0.542. The molecule has 0 amide bonds. The predicted octanol–water partition coefficient (Wildman–Crippen LogP) is 3.43. The molecule has 0 unspecified atom stereocenters. The van der Waals surface area contributed by atoms with Crippen molar-refractivity contribution in [2.75, 3.05) is 7.05 Å². The maximum atomic E-state index is 13.0. The molecule has 0 fully saturated rings. The van der Waals surface area contributed by atoms with Crippen LogP contribution in [0.2, 0.25) is 0 Å². The zero-order chi connectivity index (χ0) is 22.4. The van der Waals surface area contributed by atoms with Crippen LogP contribution in [0.1, 0.15) is 56.8 Å². The van der Waals surface area contributed by atoms with Crippen LogP contribution in [0.5, 0.6) is 0 Å². The van der Waals surface area contributed by atoms with E-state index in [1.165, 1.54) is 47.4 Å². The van der Waals surface area contributed by atoms with Crippen molar-refractivity contribution in [2.24, 2.45) is 14.1 Å². The average molecular weight is 426 g/mol. The van der Waals surface area contributed by atoms with Crippen LogP contribution in [0.15, 0.2) is 39.9 Å². The smallest absolute Gasteiger partial charge is 0.321 e. The number of rotatable bonds is 11. The van der Waals surface area contributed by atoms with Crippen molar-refractivity contribution >= 4 is 11.2 Å². The normalized spacial score (nSPS) is 11.6. The first-order valence-electron chi connectivity index (χ1n) is 11.3. The van der Waals surface area contributed by atoms with Crippen molar-refractivity contribution in [1.82, 2.24) is 23.6 Å². The molecular formula is C24H35N5O2. The molecule has 7 heteroatoms. The number of imidazole rings is 1. The van der Waals surface area contributed by atoms with E-state index in [-0.39, 0.29) is 11.2 Å². The molecule has 1 aromatic carbocycles. The van der Waals surface area contributed by atoms with E-state index in [0.29, 0.717) is 17.7 Å². The van der Waals surface area contributed by atoms with E-state index in [2.05, 4.69) is 31.0 Å². The number of aryl methyl sites for hydroxylation is 2. The van der Waals surface area contributed by atoms with Crippen molar-refractivity contribution in [3.8, 4) is 0 Å². The van der Waals surface area contributed by atoms with Gasteiger partial charge in [0, 0.05) is 27.2 Å². The maximum Gasteiger partial charge on any atom is 0.332 e. The molecule has 7 nitrogen and oxygen atoms in total. The third-order valence-corrected chi connectivity index (χ3v) is 5.87. The van der Waals surface area contributed by atoms with E-state index in [1.54, 1.807) is 7.05 Å². The second-order valence-corrected chi connectivity index (χ2v) is 8.48. The first-order chi connectivity index (χ1) is 14.9. The first kappa shape index (κ1) is 23.0. The summed E-state index contributed by atoms with van der Waals surface area (Å²) in [6.07, 6.45) is 7.09. The van der Waals surface area contributed by atoms with Crippen LogP contribution < -0.4 is 11.2 Å². The lowest BCUT2D eigenvalue weighted by atomic mass is 10.1. The Hall–Kier alpha value is -2.67. The Balaban J connectivity index is 1.89. The molecule has 0 aliphatic heterocycles. The zero-order valence-electron chi connectivity index (χ0n) is 19.3. The van der Waals surface area contributed by atoms with E-state index in [0.717, 1.165) is 31.8 Å². The zero-order valence-corrected chi connectivity index (χ0v) is 19.3. The Bertz CT molecular complexity index is 1110. The number of hydrogen-bond acceptors (Lipinski definition) is 4. The molecule has 0 aliphatic rings. The topological polar surface area (TPSA) is 65.1 Å². The highest BCUT2D eigenvalue weighted by molar-refractivity contribution is 5.71. The summed E-state index contributed by atoms with van der Waals surface area (Å²) in [6.45, 7) is 4.36. The summed E-state index contributed by atoms with van der Waals surface area (Å²) < 4.78 is 4.70. The van der Waals surface area contributed by atoms with E-state index >= 15 is 0 Å². The molecule has 2 aromatic heterocycles. The van der Waals surface area contributed by atoms with Crippen LogP contribution in [-0.4, -0.2) is 30.6 Å². The Morgan fingerprint density at radius 1 is 0.903 bits per heavy atom. The predicted molar refractivity (Wildman–Crippen MR) is 125 cm³/mol. The molecule has 0 saturated carbocycles. The van der Waals surface area contributed by atoms with Gasteiger partial charge in [0.15, 0.2) is 11.2 Å². The quantitative estimate of drug-likeness (QED) is 0.442. The summed E-state index contributed by atoms with van der Waals surface area (Å²) in [5.74, 6) is 0.834. The highest BCUT2D eigenvalue weighted by Crippen LogP contribution is 2.16. The molecule has 3 rings (SSSR count). The summed E-state index contributed by atoms with van der Waals surface area (Å²) in [6, 6.07) is 10.3. The van der Waals surface area contributed by atoms with Gasteiger partial charge < -0.3 is 4.57 Å². The van der Waals surface area contributed by atoms with Crippen molar-refractivity contribution in [2.45, 2.75) is 65.1 Å². The minimum atomic E-state index is -0.342. The van der Waals surface area contributed by atoms with E-state index in [4.69, 9.17) is 4.98 Å². The summed E-state index contributed by atoms with van der Waals surface area (Å²) in [7, 11) is 5.27. The Labute approximate surface area is 183 Å². The highest BCUT2D eigenvalue weighted by atomic mass is 16.2. The average Bonchev–Trinajstić information content (AvgIpc) is 3.12. The van der Waals surface area contributed by atoms with E-state index in [9.17, 15) is 9.59 Å². The van der Waals surface area contributed by atoms with Gasteiger partial charge in [-0.05, 0) is 19.0 Å². The minimum Gasteiger partial charge on any atom is -0.321 e. The van der Waals surface area contributed by atoms with Crippen molar-refractivity contribution in [3.63, 3.8) is 0 Å². The van der Waals surface area contributed by atoms with Crippen LogP contribution in [-0.2, 0) is 33.7 Å². The Kier molecular flexibility index (Phi) is 7.85. The van der Waals surface area contributed by atoms with Crippen LogP contribution in [0, 0.1) is 0 Å². The number of nitrogens with zero attached hydrogens (tertiary/aromatic N) is 5. The van der Waals surface area contributed by atoms with E-state index < -0.39 is 0 Å². The molecular weight excluding hydrogens is 390 g/mol. The molecule has 0 radical (unpaired) electrons. The SMILES string of the molecule is CCCCCCCCn1c(CN(C)Cc2ccccc2)nc2c1c(=O)n(C)c(=O)n2C. The largest absolute Gasteiger partial charge is 0.332 e. The second-order valence-electron chi connectivity index (χ2n) is 8.48. The monoisotopic (exact) mass is 425 g/mol. The molecule has 3 aromatic rings. The Morgan fingerprint density at radius 3 is 2.29 bits per heavy atom. The van der Waals surface area contributed by atoms with Gasteiger partial charge in [-0.3, -0.25) is 18.8 Å². The van der Waals surface area contributed by atoms with Gasteiger partial charge >= 0.3 is 5.69 Å². The van der Waals surface area contributed by atoms with E-state index in [1.807, 2.05) is 22.8 Å². The number of benzene rings is 1. The van der Waals surface area contributed by atoms with Crippen LogP contribution in [0.4, 0.5) is 0 Å². The van der Waals surface area contributed by atoms with Gasteiger partial charge in [-0.25, -0.2) is 9.78 Å². The molecule has 2 heterocycles. The van der Waals surface area contributed by atoms with Gasteiger partial charge in [-0.1, -0.05) is 69.4 Å². The third-order valence-electron chi connectivity index (χ3n) is 5.87. The van der Waals surface area contributed by atoms with Gasteiger partial charge in [0.2, 0.25) is 0 Å². The molecule has 0 saturated heterocycles. The first-order valence-corrected chi connectivity index (χ1v) is 11.3. The number of aromatic nitrogens is 4. The lowest BCUT2D eigenvalue weighted by Crippen LogP contribution is -2.37. The van der Waals surface area contributed by atoms with Crippen molar-refractivity contribution in [1.29, 1.82) is 0 Å². The molecule has 0 atom stereocenters. The fourth-order valence-electron chi connectivity index (χ4n) is 4.10. The van der Waals surface area contributed by atoms with Gasteiger partial charge in [-0.2, -0.15) is 0 Å². The number of hydrogen-bond donors (Lipinski definition) is 0. The van der Waals surface area contributed by atoms with Gasteiger partial charge in [-0.15, -0.1) is 0 Å². The summed E-state index contributed by atoms with van der Waals surface area (Å²) >= 11 is 0.